The molecule has 0 saturated carbocycles. The Labute approximate surface area is 78.0 Å². The van der Waals surface area contributed by atoms with E-state index in [-0.39, 0.29) is 0 Å². The van der Waals surface area contributed by atoms with Crippen LogP contribution in [-0.2, 0) is 0 Å². The van der Waals surface area contributed by atoms with Crippen LogP contribution < -0.4 is 5.32 Å². The first-order chi connectivity index (χ1) is 6.31. The summed E-state index contributed by atoms with van der Waals surface area (Å²) >= 11 is 0. The van der Waals surface area contributed by atoms with Crippen LogP contribution in [0.2, 0.25) is 0 Å². The monoisotopic (exact) mass is 175 g/mol. The highest BCUT2D eigenvalue weighted by Crippen LogP contribution is 2.25. The fourth-order valence-electron chi connectivity index (χ4n) is 1.59. The minimum atomic E-state index is 0.318. The molecule has 0 aliphatic carbocycles. The molecule has 2 unspecified atom stereocenters. The molecule has 0 aromatic rings. The van der Waals surface area contributed by atoms with E-state index in [1.807, 2.05) is 25.4 Å². The van der Waals surface area contributed by atoms with Gasteiger partial charge in [0.2, 0.25) is 0 Å². The van der Waals surface area contributed by atoms with Gasteiger partial charge in [0.05, 0.1) is 11.7 Å². The Kier molecular flexibility index (Phi) is 2.00. The molecule has 0 amide bonds. The van der Waals surface area contributed by atoms with Crippen LogP contribution in [-0.4, -0.2) is 25.1 Å². The van der Waals surface area contributed by atoms with Crippen LogP contribution in [0.5, 0.6) is 0 Å². The van der Waals surface area contributed by atoms with E-state index in [0.717, 1.165) is 11.5 Å². The van der Waals surface area contributed by atoms with Gasteiger partial charge in [-0.3, -0.25) is 4.99 Å². The van der Waals surface area contributed by atoms with Crippen LogP contribution in [0.15, 0.2) is 33.9 Å². The van der Waals surface area contributed by atoms with E-state index in [1.54, 1.807) is 0 Å². The minimum Gasteiger partial charge on any atom is -0.373 e. The number of nitrogens with one attached hydrogen (secondary N) is 1. The fourth-order valence-corrected chi connectivity index (χ4v) is 1.59. The predicted molar refractivity (Wildman–Crippen MR) is 55.2 cm³/mol. The first-order valence-electron chi connectivity index (χ1n) is 4.49. The highest BCUT2D eigenvalue weighted by molar-refractivity contribution is 5.95. The highest BCUT2D eigenvalue weighted by atomic mass is 15.0. The molecule has 0 aromatic heterocycles. The third kappa shape index (κ3) is 1.41. The Morgan fingerprint density at radius 2 is 2.31 bits per heavy atom. The van der Waals surface area contributed by atoms with Crippen molar-refractivity contribution in [1.29, 1.82) is 0 Å². The van der Waals surface area contributed by atoms with Crippen LogP contribution in [0.1, 0.15) is 6.92 Å². The van der Waals surface area contributed by atoms with Crippen molar-refractivity contribution in [2.45, 2.75) is 13.0 Å². The molecule has 3 heteroatoms. The summed E-state index contributed by atoms with van der Waals surface area (Å²) in [6, 6.07) is 0.318. The topological polar surface area (TPSA) is 36.8 Å². The van der Waals surface area contributed by atoms with Gasteiger partial charge in [-0.15, -0.1) is 0 Å². The SMILES string of the molecule is CNC1=NC2=CC=NC(C)C2C=C1. The van der Waals surface area contributed by atoms with Gasteiger partial charge in [-0.05, 0) is 19.1 Å². The molecule has 1 N–H and O–H groups in total. The van der Waals surface area contributed by atoms with E-state index < -0.39 is 0 Å². The first-order valence-corrected chi connectivity index (χ1v) is 4.49. The van der Waals surface area contributed by atoms with Crippen LogP contribution >= 0.6 is 0 Å². The summed E-state index contributed by atoms with van der Waals surface area (Å²) in [6.07, 6.45) is 7.99. The predicted octanol–water partition coefficient (Wildman–Crippen LogP) is 1.15. The molecular weight excluding hydrogens is 162 g/mol. The summed E-state index contributed by atoms with van der Waals surface area (Å²) in [6.45, 7) is 2.11. The summed E-state index contributed by atoms with van der Waals surface area (Å²) < 4.78 is 0. The first kappa shape index (κ1) is 8.23. The van der Waals surface area contributed by atoms with Gasteiger partial charge in [-0.25, -0.2) is 4.99 Å². The van der Waals surface area contributed by atoms with Gasteiger partial charge in [0.1, 0.15) is 5.84 Å². The minimum absolute atomic E-state index is 0.318. The fraction of sp³-hybridized carbons (Fsp3) is 0.400. The molecule has 68 valence electrons. The molecule has 2 aliphatic rings. The van der Waals surface area contributed by atoms with Crippen molar-refractivity contribution >= 4 is 12.1 Å². The highest BCUT2D eigenvalue weighted by Gasteiger charge is 2.22. The molecule has 0 bridgehead atoms. The van der Waals surface area contributed by atoms with Crippen LogP contribution in [0, 0.1) is 5.92 Å². The lowest BCUT2D eigenvalue weighted by Gasteiger charge is -2.24. The maximum absolute atomic E-state index is 4.46. The molecule has 2 atom stereocenters. The summed E-state index contributed by atoms with van der Waals surface area (Å²) in [4.78, 5) is 8.78. The Hall–Kier alpha value is -1.38. The average Bonchev–Trinajstić information content (AvgIpc) is 2.18. The number of dihydropyridines is 2. The van der Waals surface area contributed by atoms with Crippen LogP contribution in [0.4, 0.5) is 0 Å². The average molecular weight is 175 g/mol. The molecular formula is C10H13N3. The number of aliphatic imine (C=N–C) groups is 2. The smallest absolute Gasteiger partial charge is 0.125 e. The third-order valence-electron chi connectivity index (χ3n) is 2.39. The maximum Gasteiger partial charge on any atom is 0.125 e. The summed E-state index contributed by atoms with van der Waals surface area (Å²) in [5.41, 5.74) is 1.11. The molecule has 2 aliphatic heterocycles. The van der Waals surface area contributed by atoms with E-state index in [4.69, 9.17) is 0 Å². The number of rotatable bonds is 0. The van der Waals surface area contributed by atoms with E-state index >= 15 is 0 Å². The Bertz CT molecular complexity index is 323. The van der Waals surface area contributed by atoms with E-state index in [2.05, 4.69) is 28.3 Å². The van der Waals surface area contributed by atoms with Crippen molar-refractivity contribution in [3.8, 4) is 0 Å². The van der Waals surface area contributed by atoms with Crippen molar-refractivity contribution in [2.75, 3.05) is 7.05 Å². The van der Waals surface area contributed by atoms with Crippen LogP contribution in [0.25, 0.3) is 0 Å². The van der Waals surface area contributed by atoms with Crippen molar-refractivity contribution in [2.24, 2.45) is 15.9 Å². The normalized spacial score (nSPS) is 30.6. The van der Waals surface area contributed by atoms with Gasteiger partial charge in [-0.2, -0.15) is 0 Å². The molecule has 13 heavy (non-hydrogen) atoms. The van der Waals surface area contributed by atoms with E-state index in [9.17, 15) is 0 Å². The van der Waals surface area contributed by atoms with Gasteiger partial charge in [0.25, 0.3) is 0 Å². The molecule has 0 radical (unpaired) electrons. The number of nitrogens with zero attached hydrogens (tertiary/aromatic N) is 2. The Morgan fingerprint density at radius 1 is 1.46 bits per heavy atom. The van der Waals surface area contributed by atoms with Crippen molar-refractivity contribution in [3.63, 3.8) is 0 Å². The molecule has 2 rings (SSSR count). The lowest BCUT2D eigenvalue weighted by molar-refractivity contribution is 0.595. The second-order valence-electron chi connectivity index (χ2n) is 3.26. The molecule has 3 nitrogen and oxygen atoms in total. The summed E-state index contributed by atoms with van der Waals surface area (Å²) in [5, 5.41) is 3.03. The lowest BCUT2D eigenvalue weighted by Crippen LogP contribution is -2.25. The lowest BCUT2D eigenvalue weighted by atomic mass is 9.93. The summed E-state index contributed by atoms with van der Waals surface area (Å²) in [7, 11) is 1.88. The zero-order chi connectivity index (χ0) is 9.26. The Balaban J connectivity index is 2.31. The van der Waals surface area contributed by atoms with E-state index in [1.165, 1.54) is 0 Å². The van der Waals surface area contributed by atoms with Gasteiger partial charge < -0.3 is 5.32 Å². The second kappa shape index (κ2) is 3.17. The second-order valence-corrected chi connectivity index (χ2v) is 3.26. The zero-order valence-electron chi connectivity index (χ0n) is 7.86. The Morgan fingerprint density at radius 3 is 3.08 bits per heavy atom. The summed E-state index contributed by atoms with van der Waals surface area (Å²) in [5.74, 6) is 1.28. The number of likely N-dealkylation sites (N-methyl/N-ethyl adjacent to an activating group) is 1. The van der Waals surface area contributed by atoms with Crippen molar-refractivity contribution < 1.29 is 0 Å². The third-order valence-corrected chi connectivity index (χ3v) is 2.39. The van der Waals surface area contributed by atoms with Gasteiger partial charge in [-0.1, -0.05) is 6.08 Å². The molecule has 0 spiro atoms. The van der Waals surface area contributed by atoms with Crippen LogP contribution in [0.3, 0.4) is 0 Å². The number of fused-ring (bicyclic) bond motifs is 1. The molecule has 0 aromatic carbocycles. The zero-order valence-corrected chi connectivity index (χ0v) is 7.86. The number of hydrogen-bond donors (Lipinski definition) is 1. The largest absolute Gasteiger partial charge is 0.373 e. The van der Waals surface area contributed by atoms with E-state index in [0.29, 0.717) is 12.0 Å². The number of allylic oxidation sites excluding steroid dienone is 1. The van der Waals surface area contributed by atoms with Gasteiger partial charge in [0.15, 0.2) is 0 Å². The van der Waals surface area contributed by atoms with Gasteiger partial charge in [0, 0.05) is 19.2 Å². The number of hydrogen-bond acceptors (Lipinski definition) is 3. The number of amidine groups is 1. The molecule has 2 heterocycles. The maximum atomic E-state index is 4.46. The van der Waals surface area contributed by atoms with Crippen molar-refractivity contribution in [1.82, 2.24) is 5.32 Å². The van der Waals surface area contributed by atoms with Crippen molar-refractivity contribution in [3.05, 3.63) is 23.9 Å². The standard InChI is InChI=1S/C10H13N3/c1-7-8-3-4-10(11-2)13-9(8)5-6-12-7/h3-8H,1-2H3,(H,11,13). The quantitative estimate of drug-likeness (QED) is 0.589. The molecule has 0 saturated heterocycles. The van der Waals surface area contributed by atoms with Gasteiger partial charge >= 0.3 is 0 Å². The molecule has 0 fully saturated rings.